The van der Waals surface area contributed by atoms with E-state index in [0.29, 0.717) is 18.5 Å². The Morgan fingerprint density at radius 2 is 1.93 bits per heavy atom. The van der Waals surface area contributed by atoms with Gasteiger partial charge in [-0.1, -0.05) is 12.1 Å². The van der Waals surface area contributed by atoms with Crippen molar-refractivity contribution in [3.05, 3.63) is 59.4 Å². The Hall–Kier alpha value is -2.80. The van der Waals surface area contributed by atoms with Crippen LogP contribution in [0.4, 0.5) is 10.1 Å². The molecular formula is C20H19FN2O3S. The topological polar surface area (TPSA) is 68.3 Å². The van der Waals surface area contributed by atoms with Gasteiger partial charge >= 0.3 is 5.97 Å². The van der Waals surface area contributed by atoms with Crippen molar-refractivity contribution in [3.8, 4) is 0 Å². The van der Waals surface area contributed by atoms with Crippen LogP contribution >= 0.6 is 11.3 Å². The summed E-state index contributed by atoms with van der Waals surface area (Å²) in [6.07, 6.45) is 0.574. The number of anilines is 1. The van der Waals surface area contributed by atoms with Crippen LogP contribution in [0.5, 0.6) is 0 Å². The van der Waals surface area contributed by atoms with Crippen molar-refractivity contribution in [1.82, 2.24) is 4.98 Å². The number of esters is 1. The second-order valence-corrected chi connectivity index (χ2v) is 7.17. The number of nitrogens with zero attached hydrogens (tertiary/aromatic N) is 1. The molecule has 2 aromatic carbocycles. The molecule has 3 aromatic rings. The lowest BCUT2D eigenvalue weighted by atomic mass is 10.2. The third-order valence-corrected chi connectivity index (χ3v) is 5.00. The monoisotopic (exact) mass is 386 g/mol. The molecule has 3 rings (SSSR count). The Labute approximate surface area is 160 Å². The molecule has 5 nitrogen and oxygen atoms in total. The van der Waals surface area contributed by atoms with E-state index in [1.54, 1.807) is 11.3 Å². The van der Waals surface area contributed by atoms with Crippen molar-refractivity contribution < 1.29 is 18.7 Å². The summed E-state index contributed by atoms with van der Waals surface area (Å²) in [7, 11) is 0. The third kappa shape index (κ3) is 5.34. The highest BCUT2D eigenvalue weighted by molar-refractivity contribution is 7.18. The van der Waals surface area contributed by atoms with Gasteiger partial charge in [-0.2, -0.15) is 0 Å². The Balaban J connectivity index is 1.42. The van der Waals surface area contributed by atoms with Crippen LogP contribution in [-0.4, -0.2) is 23.0 Å². The average molecular weight is 386 g/mol. The molecule has 1 atom stereocenters. The maximum atomic E-state index is 12.9. The van der Waals surface area contributed by atoms with E-state index in [-0.39, 0.29) is 12.2 Å². The average Bonchev–Trinajstić information content (AvgIpc) is 3.06. The number of aryl methyl sites for hydroxylation is 1. The summed E-state index contributed by atoms with van der Waals surface area (Å²) in [4.78, 5) is 28.5. The van der Waals surface area contributed by atoms with Crippen molar-refractivity contribution in [2.24, 2.45) is 0 Å². The van der Waals surface area contributed by atoms with Gasteiger partial charge in [0.05, 0.1) is 15.2 Å². The minimum absolute atomic E-state index is 0.212. The van der Waals surface area contributed by atoms with Gasteiger partial charge in [0, 0.05) is 12.1 Å². The van der Waals surface area contributed by atoms with E-state index in [1.165, 1.54) is 31.2 Å². The first-order chi connectivity index (χ1) is 13.0. The maximum Gasteiger partial charge on any atom is 0.306 e. The Morgan fingerprint density at radius 3 is 2.67 bits per heavy atom. The molecule has 27 heavy (non-hydrogen) atoms. The number of hydrogen-bond acceptors (Lipinski definition) is 5. The van der Waals surface area contributed by atoms with Crippen LogP contribution in [0, 0.1) is 5.82 Å². The molecule has 0 aliphatic carbocycles. The molecule has 0 saturated heterocycles. The molecule has 0 aliphatic heterocycles. The summed E-state index contributed by atoms with van der Waals surface area (Å²) in [6.45, 7) is 1.50. The fourth-order valence-corrected chi connectivity index (χ4v) is 3.51. The van der Waals surface area contributed by atoms with Gasteiger partial charge in [0.15, 0.2) is 6.10 Å². The summed E-state index contributed by atoms with van der Waals surface area (Å²) in [5.74, 6) is -1.28. The van der Waals surface area contributed by atoms with E-state index < -0.39 is 18.0 Å². The number of hydrogen-bond donors (Lipinski definition) is 1. The second kappa shape index (κ2) is 8.73. The normalized spacial score (nSPS) is 11.9. The molecule has 0 aliphatic rings. The van der Waals surface area contributed by atoms with E-state index in [0.717, 1.165) is 15.2 Å². The van der Waals surface area contributed by atoms with Gasteiger partial charge in [0.25, 0.3) is 5.91 Å². The fourth-order valence-electron chi connectivity index (χ4n) is 2.50. The zero-order valence-electron chi connectivity index (χ0n) is 14.8. The summed E-state index contributed by atoms with van der Waals surface area (Å²) >= 11 is 1.62. The van der Waals surface area contributed by atoms with Gasteiger partial charge in [0.1, 0.15) is 5.82 Å². The number of rotatable bonds is 7. The lowest BCUT2D eigenvalue weighted by Crippen LogP contribution is -2.29. The van der Waals surface area contributed by atoms with E-state index in [4.69, 9.17) is 4.74 Å². The van der Waals surface area contributed by atoms with E-state index in [9.17, 15) is 14.0 Å². The van der Waals surface area contributed by atoms with Crippen LogP contribution in [0.1, 0.15) is 24.8 Å². The first-order valence-electron chi connectivity index (χ1n) is 8.61. The number of thiazole rings is 1. The number of carbonyl (C=O) groups excluding carboxylic acids is 2. The number of fused-ring (bicyclic) bond motifs is 1. The minimum atomic E-state index is -0.926. The Kier molecular flexibility index (Phi) is 6.13. The SMILES string of the molecule is C[C@H](OC(=O)CCCc1nc2ccccc2s1)C(=O)Nc1ccc(F)cc1. The summed E-state index contributed by atoms with van der Waals surface area (Å²) in [5, 5.41) is 3.56. The molecule has 0 bridgehead atoms. The number of para-hydroxylation sites is 1. The Morgan fingerprint density at radius 1 is 1.19 bits per heavy atom. The number of amides is 1. The van der Waals surface area contributed by atoms with Crippen LogP contribution in [0.2, 0.25) is 0 Å². The zero-order chi connectivity index (χ0) is 19.2. The number of carbonyl (C=O) groups is 2. The van der Waals surface area contributed by atoms with Gasteiger partial charge in [-0.15, -0.1) is 11.3 Å². The van der Waals surface area contributed by atoms with Crippen LogP contribution in [0.25, 0.3) is 10.2 Å². The quantitative estimate of drug-likeness (QED) is 0.614. The van der Waals surface area contributed by atoms with Crippen LogP contribution in [-0.2, 0) is 20.7 Å². The standard InChI is InChI=1S/C20H19FN2O3S/c1-13(20(25)22-15-11-9-14(21)10-12-15)26-19(24)8-4-7-18-23-16-5-2-3-6-17(16)27-18/h2-3,5-6,9-13H,4,7-8H2,1H3,(H,22,25)/t13-/m0/s1. The van der Waals surface area contributed by atoms with Gasteiger partial charge in [0.2, 0.25) is 0 Å². The van der Waals surface area contributed by atoms with Crippen molar-refractivity contribution in [2.45, 2.75) is 32.3 Å². The molecule has 0 fully saturated rings. The molecular weight excluding hydrogens is 367 g/mol. The number of nitrogens with one attached hydrogen (secondary N) is 1. The van der Waals surface area contributed by atoms with E-state index >= 15 is 0 Å². The first-order valence-corrected chi connectivity index (χ1v) is 9.43. The predicted octanol–water partition coefficient (Wildman–Crippen LogP) is 4.33. The molecule has 7 heteroatoms. The number of aromatic nitrogens is 1. The third-order valence-electron chi connectivity index (χ3n) is 3.90. The summed E-state index contributed by atoms with van der Waals surface area (Å²) in [5.41, 5.74) is 1.41. The van der Waals surface area contributed by atoms with Crippen molar-refractivity contribution in [2.75, 3.05) is 5.32 Å². The largest absolute Gasteiger partial charge is 0.453 e. The second-order valence-electron chi connectivity index (χ2n) is 6.06. The molecule has 1 N–H and O–H groups in total. The first kappa shape index (κ1) is 19.0. The van der Waals surface area contributed by atoms with Crippen LogP contribution in [0.3, 0.4) is 0 Å². The number of ether oxygens (including phenoxy) is 1. The number of benzene rings is 2. The molecule has 0 unspecified atom stereocenters. The summed E-state index contributed by atoms with van der Waals surface area (Å²) < 4.78 is 19.2. The highest BCUT2D eigenvalue weighted by Gasteiger charge is 2.18. The molecule has 0 saturated carbocycles. The molecule has 1 aromatic heterocycles. The Bertz CT molecular complexity index is 907. The smallest absolute Gasteiger partial charge is 0.306 e. The van der Waals surface area contributed by atoms with Crippen molar-refractivity contribution in [1.29, 1.82) is 0 Å². The van der Waals surface area contributed by atoms with E-state index in [2.05, 4.69) is 10.3 Å². The lowest BCUT2D eigenvalue weighted by molar-refractivity contribution is -0.153. The molecule has 140 valence electrons. The molecule has 0 radical (unpaired) electrons. The van der Waals surface area contributed by atoms with E-state index in [1.807, 2.05) is 24.3 Å². The fraction of sp³-hybridized carbons (Fsp3) is 0.250. The lowest BCUT2D eigenvalue weighted by Gasteiger charge is -2.13. The van der Waals surface area contributed by atoms with Gasteiger partial charge < -0.3 is 10.1 Å². The zero-order valence-corrected chi connectivity index (χ0v) is 15.6. The van der Waals surface area contributed by atoms with Crippen LogP contribution < -0.4 is 5.32 Å². The summed E-state index contributed by atoms with van der Waals surface area (Å²) in [6, 6.07) is 13.3. The molecule has 1 heterocycles. The highest BCUT2D eigenvalue weighted by Crippen LogP contribution is 2.22. The number of halogens is 1. The van der Waals surface area contributed by atoms with Gasteiger partial charge in [-0.05, 0) is 56.2 Å². The van der Waals surface area contributed by atoms with Crippen molar-refractivity contribution in [3.63, 3.8) is 0 Å². The van der Waals surface area contributed by atoms with Gasteiger partial charge in [-0.3, -0.25) is 9.59 Å². The van der Waals surface area contributed by atoms with Crippen molar-refractivity contribution >= 4 is 39.1 Å². The maximum absolute atomic E-state index is 12.9. The van der Waals surface area contributed by atoms with Crippen LogP contribution in [0.15, 0.2) is 48.5 Å². The predicted molar refractivity (Wildman–Crippen MR) is 103 cm³/mol. The van der Waals surface area contributed by atoms with Gasteiger partial charge in [-0.25, -0.2) is 9.37 Å². The molecule has 0 spiro atoms. The minimum Gasteiger partial charge on any atom is -0.453 e. The highest BCUT2D eigenvalue weighted by atomic mass is 32.1. The molecule has 1 amide bonds.